The van der Waals surface area contributed by atoms with Crippen molar-refractivity contribution in [1.82, 2.24) is 0 Å². The first-order valence-corrected chi connectivity index (χ1v) is 7.05. The lowest BCUT2D eigenvalue weighted by Crippen LogP contribution is -2.28. The molecule has 1 aromatic carbocycles. The molecule has 0 saturated heterocycles. The summed E-state index contributed by atoms with van der Waals surface area (Å²) in [5.74, 6) is -0.977. The number of carbonyl (C=O) groups excluding carboxylic acids is 1. The number of para-hydroxylation sites is 1. The third-order valence-electron chi connectivity index (χ3n) is 2.53. The molecule has 0 aliphatic rings. The number of halogens is 1. The number of hydrogen-bond acceptors (Lipinski definition) is 4. The van der Waals surface area contributed by atoms with Gasteiger partial charge in [0, 0.05) is 12.3 Å². The van der Waals surface area contributed by atoms with Crippen molar-refractivity contribution < 1.29 is 14.2 Å². The number of nitrogens with one attached hydrogen (secondary N) is 1. The standard InChI is InChI=1S/C13H13FN6OS/c1-8(21)20(11-5-3-2-4-10(11)14)13-18-9(7-22-13)6-17-19-12(15)16/h2-7H,1H3,(H4,15,16,19)/p+1/b17-6-. The van der Waals surface area contributed by atoms with Crippen molar-refractivity contribution in [3.05, 3.63) is 41.2 Å². The Labute approximate surface area is 129 Å². The third-order valence-corrected chi connectivity index (χ3v) is 3.41. The number of thiazole rings is 1. The lowest BCUT2D eigenvalue weighted by atomic mass is 10.3. The molecular weight excluding hydrogens is 307 g/mol. The van der Waals surface area contributed by atoms with Gasteiger partial charge in [-0.1, -0.05) is 23.5 Å². The summed E-state index contributed by atoms with van der Waals surface area (Å²) in [6.45, 7) is 1.35. The SMILES string of the molecule is CC(=O)N(c1[nH+]c(/C=N\N=C(N)N)cs1)c1ccccc1F. The Balaban J connectivity index is 2.34. The molecule has 7 nitrogen and oxygen atoms in total. The molecule has 0 radical (unpaired) electrons. The minimum atomic E-state index is -0.491. The van der Waals surface area contributed by atoms with Gasteiger partial charge in [-0.05, 0) is 12.1 Å². The largest absolute Gasteiger partial charge is 0.369 e. The quantitative estimate of drug-likeness (QED) is 0.497. The van der Waals surface area contributed by atoms with Crippen LogP contribution in [0.15, 0.2) is 39.8 Å². The molecule has 114 valence electrons. The van der Waals surface area contributed by atoms with Gasteiger partial charge in [-0.3, -0.25) is 0 Å². The maximum absolute atomic E-state index is 13.9. The average molecular weight is 321 g/mol. The van der Waals surface area contributed by atoms with Crippen LogP contribution >= 0.6 is 11.3 Å². The zero-order valence-corrected chi connectivity index (χ0v) is 12.5. The van der Waals surface area contributed by atoms with Gasteiger partial charge in [0.1, 0.15) is 0 Å². The number of benzene rings is 1. The molecule has 2 rings (SSSR count). The number of carbonyl (C=O) groups is 1. The van der Waals surface area contributed by atoms with E-state index in [2.05, 4.69) is 15.2 Å². The molecule has 0 atom stereocenters. The molecule has 1 amide bonds. The smallest absolute Gasteiger partial charge is 0.347 e. The predicted octanol–water partition coefficient (Wildman–Crippen LogP) is 0.993. The average Bonchev–Trinajstić information content (AvgIpc) is 2.89. The van der Waals surface area contributed by atoms with Crippen molar-refractivity contribution >= 4 is 40.2 Å². The van der Waals surface area contributed by atoms with Gasteiger partial charge in [0.2, 0.25) is 5.96 Å². The number of H-pyrrole nitrogens is 1. The first kappa shape index (κ1) is 15.6. The summed E-state index contributed by atoms with van der Waals surface area (Å²) < 4.78 is 13.9. The van der Waals surface area contributed by atoms with Gasteiger partial charge < -0.3 is 11.5 Å². The highest BCUT2D eigenvalue weighted by molar-refractivity contribution is 7.13. The monoisotopic (exact) mass is 321 g/mol. The molecule has 22 heavy (non-hydrogen) atoms. The summed E-state index contributed by atoms with van der Waals surface area (Å²) in [5.41, 5.74) is 11.1. The van der Waals surface area contributed by atoms with Gasteiger partial charge in [-0.15, -0.1) is 10.0 Å². The molecule has 0 unspecified atom stereocenters. The summed E-state index contributed by atoms with van der Waals surface area (Å²) in [6, 6.07) is 6.03. The molecular formula is C13H14FN6OS+. The number of anilines is 2. The maximum atomic E-state index is 13.9. The van der Waals surface area contributed by atoms with Gasteiger partial charge in [-0.25, -0.2) is 14.2 Å². The van der Waals surface area contributed by atoms with E-state index in [-0.39, 0.29) is 17.6 Å². The van der Waals surface area contributed by atoms with E-state index in [1.165, 1.54) is 41.5 Å². The number of nitrogens with two attached hydrogens (primary N) is 2. The van der Waals surface area contributed by atoms with Crippen molar-refractivity contribution in [3.8, 4) is 0 Å². The Hall–Kier alpha value is -2.81. The van der Waals surface area contributed by atoms with E-state index in [0.29, 0.717) is 10.8 Å². The van der Waals surface area contributed by atoms with E-state index in [0.717, 1.165) is 0 Å². The van der Waals surface area contributed by atoms with Gasteiger partial charge in [0.05, 0.1) is 6.21 Å². The summed E-state index contributed by atoms with van der Waals surface area (Å²) in [6.07, 6.45) is 1.39. The second kappa shape index (κ2) is 6.76. The van der Waals surface area contributed by atoms with E-state index < -0.39 is 5.82 Å². The van der Waals surface area contributed by atoms with E-state index >= 15 is 0 Å². The van der Waals surface area contributed by atoms with Gasteiger partial charge in [0.15, 0.2) is 17.2 Å². The molecule has 1 heterocycles. The number of guanidine groups is 1. The fourth-order valence-electron chi connectivity index (χ4n) is 1.69. The summed E-state index contributed by atoms with van der Waals surface area (Å²) in [4.78, 5) is 16.1. The molecule has 0 aliphatic carbocycles. The summed E-state index contributed by atoms with van der Waals surface area (Å²) in [5, 5.41) is 9.28. The van der Waals surface area contributed by atoms with Crippen LogP contribution in [-0.4, -0.2) is 18.1 Å². The zero-order valence-electron chi connectivity index (χ0n) is 11.7. The van der Waals surface area contributed by atoms with Crippen LogP contribution in [-0.2, 0) is 4.79 Å². The Morgan fingerprint density at radius 3 is 2.77 bits per heavy atom. The predicted molar refractivity (Wildman–Crippen MR) is 83.5 cm³/mol. The summed E-state index contributed by atoms with van der Waals surface area (Å²) >= 11 is 1.23. The Kier molecular flexibility index (Phi) is 4.79. The van der Waals surface area contributed by atoms with Crippen molar-refractivity contribution in [2.45, 2.75) is 6.92 Å². The van der Waals surface area contributed by atoms with Crippen molar-refractivity contribution in [1.29, 1.82) is 0 Å². The highest BCUT2D eigenvalue weighted by atomic mass is 32.1. The molecule has 5 N–H and O–H groups in total. The maximum Gasteiger partial charge on any atom is 0.347 e. The molecule has 1 aromatic heterocycles. The molecule has 0 fully saturated rings. The number of aromatic nitrogens is 1. The highest BCUT2D eigenvalue weighted by Crippen LogP contribution is 2.28. The van der Waals surface area contributed by atoms with Crippen molar-refractivity contribution in [3.63, 3.8) is 0 Å². The fraction of sp³-hybridized carbons (Fsp3) is 0.0769. The molecule has 2 aromatic rings. The third kappa shape index (κ3) is 3.64. The van der Waals surface area contributed by atoms with Crippen LogP contribution in [0.2, 0.25) is 0 Å². The highest BCUT2D eigenvalue weighted by Gasteiger charge is 2.28. The van der Waals surface area contributed by atoms with Crippen LogP contribution in [0.25, 0.3) is 0 Å². The Morgan fingerprint density at radius 2 is 2.14 bits per heavy atom. The first-order valence-electron chi connectivity index (χ1n) is 6.17. The molecule has 9 heteroatoms. The van der Waals surface area contributed by atoms with Gasteiger partial charge in [-0.2, -0.15) is 5.10 Å². The molecule has 0 bridgehead atoms. The van der Waals surface area contributed by atoms with E-state index in [4.69, 9.17) is 11.5 Å². The van der Waals surface area contributed by atoms with Crippen molar-refractivity contribution in [2.24, 2.45) is 21.7 Å². The topological polar surface area (TPSA) is 111 Å². The van der Waals surface area contributed by atoms with Crippen molar-refractivity contribution in [2.75, 3.05) is 4.90 Å². The Bertz CT molecular complexity index is 738. The number of amides is 1. The van der Waals surface area contributed by atoms with Crippen LogP contribution in [0.4, 0.5) is 15.2 Å². The van der Waals surface area contributed by atoms with Crippen LogP contribution in [0.5, 0.6) is 0 Å². The minimum absolute atomic E-state index is 0.163. The Morgan fingerprint density at radius 1 is 1.41 bits per heavy atom. The number of hydrogen-bond donors (Lipinski definition) is 2. The molecule has 0 saturated carbocycles. The number of aromatic amines is 1. The normalized spacial score (nSPS) is 10.6. The van der Waals surface area contributed by atoms with Crippen LogP contribution in [0.3, 0.4) is 0 Å². The molecule has 0 spiro atoms. The minimum Gasteiger partial charge on any atom is -0.369 e. The van der Waals surface area contributed by atoms with Gasteiger partial charge >= 0.3 is 11.0 Å². The van der Waals surface area contributed by atoms with Crippen LogP contribution in [0.1, 0.15) is 12.6 Å². The first-order chi connectivity index (χ1) is 10.5. The van der Waals surface area contributed by atoms with Gasteiger partial charge in [0.25, 0.3) is 0 Å². The summed E-state index contributed by atoms with van der Waals surface area (Å²) in [7, 11) is 0. The second-order valence-electron chi connectivity index (χ2n) is 4.20. The number of nitrogens with zero attached hydrogens (tertiary/aromatic N) is 3. The van der Waals surface area contributed by atoms with E-state index in [9.17, 15) is 9.18 Å². The number of rotatable bonds is 4. The lowest BCUT2D eigenvalue weighted by Gasteiger charge is -2.10. The van der Waals surface area contributed by atoms with Crippen LogP contribution in [0, 0.1) is 5.82 Å². The van der Waals surface area contributed by atoms with Crippen LogP contribution < -0.4 is 21.4 Å². The zero-order chi connectivity index (χ0) is 16.1. The molecule has 0 aliphatic heterocycles. The fourth-order valence-corrected chi connectivity index (χ4v) is 2.55. The lowest BCUT2D eigenvalue weighted by molar-refractivity contribution is -0.357. The van der Waals surface area contributed by atoms with E-state index in [1.807, 2.05) is 0 Å². The van der Waals surface area contributed by atoms with E-state index in [1.54, 1.807) is 17.5 Å². The second-order valence-corrected chi connectivity index (χ2v) is 5.05.